The largest absolute Gasteiger partial charge is 0.0921 e. The maximum absolute atomic E-state index is 3.63. The van der Waals surface area contributed by atoms with E-state index < -0.39 is 0 Å². The lowest BCUT2D eigenvalue weighted by molar-refractivity contribution is 0.774. The molecule has 1 atom stereocenters. The van der Waals surface area contributed by atoms with Crippen molar-refractivity contribution in [2.45, 2.75) is 19.3 Å². The first-order valence-corrected chi connectivity index (χ1v) is 7.08. The monoisotopic (exact) mass is 288 g/mol. The maximum Gasteiger partial charge on any atom is 0.0103 e. The number of hydrogen-bond acceptors (Lipinski definition) is 0. The Kier molecular flexibility index (Phi) is 4.38. The minimum Gasteiger partial charge on any atom is -0.0921 e. The SMILES string of the molecule is Cc1cccc(C(CBr)Cc2ccccc2)c1. The van der Waals surface area contributed by atoms with Crippen LogP contribution in [0.4, 0.5) is 0 Å². The van der Waals surface area contributed by atoms with Gasteiger partial charge in [0.25, 0.3) is 0 Å². The van der Waals surface area contributed by atoms with Gasteiger partial charge in [0, 0.05) is 5.33 Å². The van der Waals surface area contributed by atoms with Crippen molar-refractivity contribution in [3.8, 4) is 0 Å². The Hall–Kier alpha value is -1.08. The first-order valence-electron chi connectivity index (χ1n) is 5.96. The molecule has 1 heteroatoms. The van der Waals surface area contributed by atoms with Gasteiger partial charge in [0.2, 0.25) is 0 Å². The van der Waals surface area contributed by atoms with Crippen LogP contribution in [0.3, 0.4) is 0 Å². The molecule has 0 fully saturated rings. The molecule has 0 N–H and O–H groups in total. The van der Waals surface area contributed by atoms with Crippen LogP contribution in [0.2, 0.25) is 0 Å². The first-order chi connectivity index (χ1) is 8.29. The Morgan fingerprint density at radius 2 is 1.76 bits per heavy atom. The summed E-state index contributed by atoms with van der Waals surface area (Å²) < 4.78 is 0. The molecular weight excluding hydrogens is 272 g/mol. The van der Waals surface area contributed by atoms with Gasteiger partial charge in [-0.3, -0.25) is 0 Å². The normalized spacial score (nSPS) is 12.4. The van der Waals surface area contributed by atoms with Gasteiger partial charge in [-0.2, -0.15) is 0 Å². The second-order valence-corrected chi connectivity index (χ2v) is 5.10. The lowest BCUT2D eigenvalue weighted by Gasteiger charge is -2.15. The van der Waals surface area contributed by atoms with Crippen LogP contribution in [-0.2, 0) is 6.42 Å². The number of halogens is 1. The van der Waals surface area contributed by atoms with Crippen LogP contribution in [0.5, 0.6) is 0 Å². The van der Waals surface area contributed by atoms with E-state index >= 15 is 0 Å². The molecule has 0 nitrogen and oxygen atoms in total. The van der Waals surface area contributed by atoms with Crippen molar-refractivity contribution in [3.63, 3.8) is 0 Å². The zero-order valence-corrected chi connectivity index (χ0v) is 11.7. The van der Waals surface area contributed by atoms with E-state index in [1.54, 1.807) is 0 Å². The summed E-state index contributed by atoms with van der Waals surface area (Å²) >= 11 is 3.63. The zero-order chi connectivity index (χ0) is 12.1. The molecule has 88 valence electrons. The molecule has 2 aromatic carbocycles. The third-order valence-electron chi connectivity index (χ3n) is 3.02. The van der Waals surface area contributed by atoms with Gasteiger partial charge in [-0.1, -0.05) is 76.1 Å². The van der Waals surface area contributed by atoms with E-state index in [0.29, 0.717) is 5.92 Å². The summed E-state index contributed by atoms with van der Waals surface area (Å²) in [5.74, 6) is 0.553. The molecule has 0 heterocycles. The zero-order valence-electron chi connectivity index (χ0n) is 10.1. The molecule has 17 heavy (non-hydrogen) atoms. The predicted octanol–water partition coefficient (Wildman–Crippen LogP) is 4.72. The molecule has 0 bridgehead atoms. The molecule has 0 aliphatic heterocycles. The van der Waals surface area contributed by atoms with Crippen LogP contribution in [0.1, 0.15) is 22.6 Å². The van der Waals surface area contributed by atoms with Gasteiger partial charge < -0.3 is 0 Å². The van der Waals surface area contributed by atoms with E-state index in [0.717, 1.165) is 11.8 Å². The van der Waals surface area contributed by atoms with Gasteiger partial charge in [0.05, 0.1) is 0 Å². The van der Waals surface area contributed by atoms with Crippen molar-refractivity contribution in [3.05, 3.63) is 71.3 Å². The third kappa shape index (κ3) is 3.44. The summed E-state index contributed by atoms with van der Waals surface area (Å²) in [6.45, 7) is 2.15. The lowest BCUT2D eigenvalue weighted by Crippen LogP contribution is -2.04. The molecule has 2 rings (SSSR count). The minimum atomic E-state index is 0.553. The van der Waals surface area contributed by atoms with Crippen molar-refractivity contribution in [1.82, 2.24) is 0 Å². The van der Waals surface area contributed by atoms with E-state index in [9.17, 15) is 0 Å². The van der Waals surface area contributed by atoms with Gasteiger partial charge >= 0.3 is 0 Å². The van der Waals surface area contributed by atoms with Gasteiger partial charge in [-0.25, -0.2) is 0 Å². The fourth-order valence-corrected chi connectivity index (χ4v) is 2.69. The molecule has 0 aromatic heterocycles. The average Bonchev–Trinajstić information content (AvgIpc) is 2.37. The molecule has 0 saturated heterocycles. The Balaban J connectivity index is 2.17. The van der Waals surface area contributed by atoms with Crippen molar-refractivity contribution in [2.75, 3.05) is 5.33 Å². The number of aryl methyl sites for hydroxylation is 1. The van der Waals surface area contributed by atoms with E-state index in [2.05, 4.69) is 77.5 Å². The molecule has 0 spiro atoms. The van der Waals surface area contributed by atoms with Gasteiger partial charge in [0.1, 0.15) is 0 Å². The summed E-state index contributed by atoms with van der Waals surface area (Å²) in [4.78, 5) is 0. The number of rotatable bonds is 4. The molecule has 1 unspecified atom stereocenters. The van der Waals surface area contributed by atoms with Crippen molar-refractivity contribution < 1.29 is 0 Å². The fourth-order valence-electron chi connectivity index (χ4n) is 2.08. The third-order valence-corrected chi connectivity index (χ3v) is 3.81. The van der Waals surface area contributed by atoms with E-state index in [1.807, 2.05) is 0 Å². The van der Waals surface area contributed by atoms with Crippen LogP contribution >= 0.6 is 15.9 Å². The second-order valence-electron chi connectivity index (χ2n) is 4.46. The molecule has 0 amide bonds. The van der Waals surface area contributed by atoms with Crippen molar-refractivity contribution in [1.29, 1.82) is 0 Å². The number of alkyl halides is 1. The molecular formula is C16H17Br. The smallest absolute Gasteiger partial charge is 0.0103 e. The first kappa shape index (κ1) is 12.4. The molecule has 0 saturated carbocycles. The summed E-state index contributed by atoms with van der Waals surface area (Å²) in [5, 5.41) is 1.01. The highest BCUT2D eigenvalue weighted by atomic mass is 79.9. The fraction of sp³-hybridized carbons (Fsp3) is 0.250. The van der Waals surface area contributed by atoms with Crippen molar-refractivity contribution >= 4 is 15.9 Å². The molecule has 0 aliphatic carbocycles. The maximum atomic E-state index is 3.63. The highest BCUT2D eigenvalue weighted by Crippen LogP contribution is 2.23. The van der Waals surface area contributed by atoms with Crippen LogP contribution in [-0.4, -0.2) is 5.33 Å². The molecule has 0 aliphatic rings. The van der Waals surface area contributed by atoms with Gasteiger partial charge in [0.15, 0.2) is 0 Å². The van der Waals surface area contributed by atoms with Gasteiger partial charge in [-0.05, 0) is 30.4 Å². The van der Waals surface area contributed by atoms with Crippen LogP contribution in [0, 0.1) is 6.92 Å². The van der Waals surface area contributed by atoms with Crippen molar-refractivity contribution in [2.24, 2.45) is 0 Å². The van der Waals surface area contributed by atoms with E-state index in [4.69, 9.17) is 0 Å². The summed E-state index contributed by atoms with van der Waals surface area (Å²) in [5.41, 5.74) is 4.16. The van der Waals surface area contributed by atoms with E-state index in [1.165, 1.54) is 16.7 Å². The Morgan fingerprint density at radius 1 is 1.00 bits per heavy atom. The highest BCUT2D eigenvalue weighted by Gasteiger charge is 2.10. The second kappa shape index (κ2) is 6.02. The topological polar surface area (TPSA) is 0 Å². The van der Waals surface area contributed by atoms with Crippen LogP contribution in [0.15, 0.2) is 54.6 Å². The quantitative estimate of drug-likeness (QED) is 0.715. The Labute approximate surface area is 112 Å². The summed E-state index contributed by atoms with van der Waals surface area (Å²) in [6.07, 6.45) is 1.09. The average molecular weight is 289 g/mol. The van der Waals surface area contributed by atoms with E-state index in [-0.39, 0.29) is 0 Å². The highest BCUT2D eigenvalue weighted by molar-refractivity contribution is 9.09. The summed E-state index contributed by atoms with van der Waals surface area (Å²) in [7, 11) is 0. The van der Waals surface area contributed by atoms with Gasteiger partial charge in [-0.15, -0.1) is 0 Å². The standard InChI is InChI=1S/C16H17Br/c1-13-6-5-9-15(10-13)16(12-17)11-14-7-3-2-4-8-14/h2-10,16H,11-12H2,1H3. The predicted molar refractivity (Wildman–Crippen MR) is 77.9 cm³/mol. The Morgan fingerprint density at radius 3 is 2.41 bits per heavy atom. The van der Waals surface area contributed by atoms with Crippen LogP contribution < -0.4 is 0 Å². The lowest BCUT2D eigenvalue weighted by atomic mass is 9.93. The number of hydrogen-bond donors (Lipinski definition) is 0. The Bertz CT molecular complexity index is 462. The minimum absolute atomic E-state index is 0.553. The molecule has 0 radical (unpaired) electrons. The molecule has 2 aromatic rings. The van der Waals surface area contributed by atoms with Crippen LogP contribution in [0.25, 0.3) is 0 Å². The number of benzene rings is 2. The summed E-state index contributed by atoms with van der Waals surface area (Å²) in [6, 6.07) is 19.5.